The van der Waals surface area contributed by atoms with Crippen LogP contribution in [0.5, 0.6) is 0 Å². The molecule has 3 N–H and O–H groups in total. The quantitative estimate of drug-likeness (QED) is 0.674. The van der Waals surface area contributed by atoms with Crippen LogP contribution in [-0.2, 0) is 4.79 Å². The van der Waals surface area contributed by atoms with E-state index < -0.39 is 5.91 Å². The minimum atomic E-state index is -0.397. The minimum absolute atomic E-state index is 0.173. The largest absolute Gasteiger partial charge is 0.369 e. The molecule has 4 rings (SSSR count). The van der Waals surface area contributed by atoms with Crippen LogP contribution in [0, 0.1) is 11.7 Å². The lowest BCUT2D eigenvalue weighted by atomic mass is 9.97. The van der Waals surface area contributed by atoms with Crippen LogP contribution in [-0.4, -0.2) is 39.7 Å². The van der Waals surface area contributed by atoms with Crippen molar-refractivity contribution >= 4 is 23.3 Å². The van der Waals surface area contributed by atoms with Crippen molar-refractivity contribution in [2.75, 3.05) is 23.3 Å². The van der Waals surface area contributed by atoms with Crippen molar-refractivity contribution in [3.8, 4) is 5.69 Å². The summed E-state index contributed by atoms with van der Waals surface area (Å²) in [7, 11) is 0. The zero-order chi connectivity index (χ0) is 21.1. The molecule has 3 heterocycles. The van der Waals surface area contributed by atoms with Crippen LogP contribution in [0.2, 0.25) is 0 Å². The maximum atomic E-state index is 13.4. The second-order valence-corrected chi connectivity index (χ2v) is 7.17. The van der Waals surface area contributed by atoms with E-state index in [1.54, 1.807) is 42.7 Å². The molecule has 154 valence electrons. The summed E-state index contributed by atoms with van der Waals surface area (Å²) in [5, 5.41) is 6.95. The second-order valence-electron chi connectivity index (χ2n) is 7.17. The Morgan fingerprint density at radius 1 is 1.20 bits per heavy atom. The summed E-state index contributed by atoms with van der Waals surface area (Å²) >= 11 is 0. The van der Waals surface area contributed by atoms with Crippen LogP contribution < -0.4 is 16.0 Å². The number of carbonyl (C=O) groups is 2. The van der Waals surface area contributed by atoms with Crippen molar-refractivity contribution in [1.29, 1.82) is 0 Å². The summed E-state index contributed by atoms with van der Waals surface area (Å²) in [5.74, 6) is -0.508. The number of halogens is 1. The summed E-state index contributed by atoms with van der Waals surface area (Å²) in [6.07, 6.45) is 4.82. The van der Waals surface area contributed by atoms with Gasteiger partial charge in [0.2, 0.25) is 5.91 Å². The molecule has 9 heteroatoms. The van der Waals surface area contributed by atoms with Gasteiger partial charge in [0.25, 0.3) is 5.91 Å². The van der Waals surface area contributed by atoms with E-state index in [0.29, 0.717) is 17.9 Å². The van der Waals surface area contributed by atoms with Crippen molar-refractivity contribution < 1.29 is 14.0 Å². The Morgan fingerprint density at radius 3 is 2.80 bits per heavy atom. The van der Waals surface area contributed by atoms with Crippen LogP contribution >= 0.6 is 0 Å². The number of aromatic nitrogens is 3. The fourth-order valence-corrected chi connectivity index (χ4v) is 3.47. The first-order valence-electron chi connectivity index (χ1n) is 9.63. The number of benzene rings is 1. The van der Waals surface area contributed by atoms with Gasteiger partial charge in [0.15, 0.2) is 5.69 Å². The number of nitrogens with one attached hydrogen (secondary N) is 1. The zero-order valence-electron chi connectivity index (χ0n) is 16.2. The summed E-state index contributed by atoms with van der Waals surface area (Å²) in [5.41, 5.74) is 6.67. The van der Waals surface area contributed by atoms with E-state index in [0.717, 1.165) is 25.2 Å². The highest BCUT2D eigenvalue weighted by molar-refractivity contribution is 6.02. The molecule has 8 nitrogen and oxygen atoms in total. The molecular weight excluding hydrogens is 387 g/mol. The average molecular weight is 408 g/mol. The van der Waals surface area contributed by atoms with E-state index in [1.807, 2.05) is 4.90 Å². The van der Waals surface area contributed by atoms with Crippen molar-refractivity contribution in [3.05, 3.63) is 66.4 Å². The van der Waals surface area contributed by atoms with Gasteiger partial charge in [0, 0.05) is 19.3 Å². The van der Waals surface area contributed by atoms with Crippen molar-refractivity contribution in [2.24, 2.45) is 11.7 Å². The maximum absolute atomic E-state index is 13.4. The Labute approximate surface area is 172 Å². The fourth-order valence-electron chi connectivity index (χ4n) is 3.47. The summed E-state index contributed by atoms with van der Waals surface area (Å²) in [6.45, 7) is 1.35. The van der Waals surface area contributed by atoms with E-state index in [-0.39, 0.29) is 23.3 Å². The number of carbonyl (C=O) groups excluding carboxylic acids is 2. The number of nitrogens with zero attached hydrogens (tertiary/aromatic N) is 4. The molecule has 1 aromatic carbocycles. The van der Waals surface area contributed by atoms with E-state index in [2.05, 4.69) is 15.4 Å². The van der Waals surface area contributed by atoms with Crippen LogP contribution in [0.1, 0.15) is 23.3 Å². The lowest BCUT2D eigenvalue weighted by Gasteiger charge is -2.32. The zero-order valence-corrected chi connectivity index (χ0v) is 16.2. The molecule has 1 aliphatic rings. The van der Waals surface area contributed by atoms with Gasteiger partial charge in [-0.25, -0.2) is 14.1 Å². The first kappa shape index (κ1) is 19.6. The molecule has 1 unspecified atom stereocenters. The number of pyridine rings is 1. The number of hydrogen-bond donors (Lipinski definition) is 2. The van der Waals surface area contributed by atoms with Crippen molar-refractivity contribution in [3.63, 3.8) is 0 Å². The summed E-state index contributed by atoms with van der Waals surface area (Å²) in [6, 6.07) is 11.1. The molecule has 1 saturated heterocycles. The molecule has 3 aromatic rings. The Bertz CT molecular complexity index is 1070. The van der Waals surface area contributed by atoms with E-state index in [9.17, 15) is 14.0 Å². The van der Waals surface area contributed by atoms with Crippen LogP contribution in [0.3, 0.4) is 0 Å². The number of piperidine rings is 1. The van der Waals surface area contributed by atoms with Crippen molar-refractivity contribution in [2.45, 2.75) is 12.8 Å². The molecule has 2 aromatic heterocycles. The number of rotatable bonds is 5. The maximum Gasteiger partial charge on any atom is 0.276 e. The Kier molecular flexibility index (Phi) is 5.42. The number of amides is 2. The van der Waals surface area contributed by atoms with Gasteiger partial charge in [-0.15, -0.1) is 0 Å². The molecule has 1 fully saturated rings. The van der Waals surface area contributed by atoms with Crippen LogP contribution in [0.4, 0.5) is 15.9 Å². The number of primary amides is 1. The molecule has 2 amide bonds. The molecule has 0 radical (unpaired) electrons. The lowest BCUT2D eigenvalue weighted by Crippen LogP contribution is -2.41. The van der Waals surface area contributed by atoms with E-state index >= 15 is 0 Å². The highest BCUT2D eigenvalue weighted by Crippen LogP contribution is 2.22. The Hall–Kier alpha value is -3.75. The van der Waals surface area contributed by atoms with Gasteiger partial charge in [-0.05, 0) is 49.2 Å². The predicted molar refractivity (Wildman–Crippen MR) is 110 cm³/mol. The van der Waals surface area contributed by atoms with Gasteiger partial charge in [0.05, 0.1) is 23.5 Å². The highest BCUT2D eigenvalue weighted by Gasteiger charge is 2.24. The average Bonchev–Trinajstić information content (AvgIpc) is 3.25. The number of nitrogens with two attached hydrogens (primary N) is 1. The molecule has 0 saturated carbocycles. The standard InChI is InChI=1S/C21H21FN6O2/c22-15-4-1-5-17(11-15)28-10-8-18(26-28)21(30)25-16-6-7-19(24-12-16)27-9-2-3-14(13-27)20(23)29/h1,4-8,10-12,14H,2-3,9,13H2,(H2,23,29)(H,25,30). The molecule has 30 heavy (non-hydrogen) atoms. The third-order valence-electron chi connectivity index (χ3n) is 5.05. The molecule has 0 aliphatic carbocycles. The van der Waals surface area contributed by atoms with Gasteiger partial charge in [-0.1, -0.05) is 6.07 Å². The fraction of sp³-hybridized carbons (Fsp3) is 0.238. The van der Waals surface area contributed by atoms with Gasteiger partial charge in [-0.2, -0.15) is 5.10 Å². The first-order valence-corrected chi connectivity index (χ1v) is 9.63. The molecular formula is C21H21FN6O2. The topological polar surface area (TPSA) is 106 Å². The van der Waals surface area contributed by atoms with E-state index in [1.165, 1.54) is 16.8 Å². The molecule has 1 aliphatic heterocycles. The third kappa shape index (κ3) is 4.29. The molecule has 0 bridgehead atoms. The van der Waals surface area contributed by atoms with Gasteiger partial charge in [0.1, 0.15) is 11.6 Å². The number of hydrogen-bond acceptors (Lipinski definition) is 5. The SMILES string of the molecule is NC(=O)C1CCCN(c2ccc(NC(=O)c3ccn(-c4cccc(F)c4)n3)cn2)C1. The van der Waals surface area contributed by atoms with Crippen molar-refractivity contribution in [1.82, 2.24) is 14.8 Å². The Balaban J connectivity index is 1.41. The first-order chi connectivity index (χ1) is 14.5. The second kappa shape index (κ2) is 8.32. The normalized spacial score (nSPS) is 16.3. The molecule has 0 spiro atoms. The smallest absolute Gasteiger partial charge is 0.276 e. The van der Waals surface area contributed by atoms with E-state index in [4.69, 9.17) is 5.73 Å². The monoisotopic (exact) mass is 408 g/mol. The minimum Gasteiger partial charge on any atom is -0.369 e. The number of anilines is 2. The van der Waals surface area contributed by atoms with Gasteiger partial charge < -0.3 is 16.0 Å². The van der Waals surface area contributed by atoms with Gasteiger partial charge in [-0.3, -0.25) is 9.59 Å². The summed E-state index contributed by atoms with van der Waals surface area (Å²) < 4.78 is 14.8. The lowest BCUT2D eigenvalue weighted by molar-refractivity contribution is -0.122. The van der Waals surface area contributed by atoms with Crippen LogP contribution in [0.15, 0.2) is 54.9 Å². The van der Waals surface area contributed by atoms with Gasteiger partial charge >= 0.3 is 0 Å². The Morgan fingerprint density at radius 2 is 2.07 bits per heavy atom. The summed E-state index contributed by atoms with van der Waals surface area (Å²) in [4.78, 5) is 30.3. The molecule has 1 atom stereocenters. The highest BCUT2D eigenvalue weighted by atomic mass is 19.1. The predicted octanol–water partition coefficient (Wildman–Crippen LogP) is 2.36. The van der Waals surface area contributed by atoms with Crippen LogP contribution in [0.25, 0.3) is 5.69 Å². The third-order valence-corrected chi connectivity index (χ3v) is 5.05.